The summed E-state index contributed by atoms with van der Waals surface area (Å²) in [6, 6.07) is 5.85. The van der Waals surface area contributed by atoms with Gasteiger partial charge < -0.3 is 19.5 Å². The molecular weight excluding hydrogens is 443 g/mol. The van der Waals surface area contributed by atoms with Crippen molar-refractivity contribution in [3.05, 3.63) is 40.5 Å². The van der Waals surface area contributed by atoms with Gasteiger partial charge in [0, 0.05) is 18.7 Å². The quantitative estimate of drug-likeness (QED) is 0.744. The van der Waals surface area contributed by atoms with Crippen LogP contribution in [0.4, 0.5) is 9.18 Å². The number of carbonyl (C=O) groups excluding carboxylic acids is 2. The molecule has 9 heteroatoms. The number of hydrogen-bond donors (Lipinski definition) is 1. The smallest absolute Gasteiger partial charge is 0.408 e. The second-order valence-electron chi connectivity index (χ2n) is 7.89. The summed E-state index contributed by atoms with van der Waals surface area (Å²) in [4.78, 5) is 30.8. The summed E-state index contributed by atoms with van der Waals surface area (Å²) in [6.45, 7) is 8.08. The number of nitrogens with one attached hydrogen (secondary N) is 1. The van der Waals surface area contributed by atoms with Crippen LogP contribution in [0.5, 0.6) is 0 Å². The maximum Gasteiger partial charge on any atom is 0.408 e. The highest BCUT2D eigenvalue weighted by molar-refractivity contribution is 9.10. The van der Waals surface area contributed by atoms with E-state index in [0.29, 0.717) is 18.8 Å². The van der Waals surface area contributed by atoms with Gasteiger partial charge in [0.15, 0.2) is 0 Å². The largest absolute Gasteiger partial charge is 0.444 e. The van der Waals surface area contributed by atoms with E-state index in [9.17, 15) is 14.0 Å². The molecule has 1 aromatic heterocycles. The first kappa shape index (κ1) is 21.3. The second kappa shape index (κ2) is 8.14. The molecule has 1 aromatic carbocycles. The number of amides is 2. The van der Waals surface area contributed by atoms with E-state index in [4.69, 9.17) is 9.72 Å². The zero-order chi connectivity index (χ0) is 21.3. The molecule has 0 spiro atoms. The monoisotopic (exact) mass is 466 g/mol. The molecule has 7 nitrogen and oxygen atoms in total. The van der Waals surface area contributed by atoms with Gasteiger partial charge in [0.25, 0.3) is 0 Å². The Morgan fingerprint density at radius 2 is 1.93 bits per heavy atom. The first-order chi connectivity index (χ1) is 13.6. The van der Waals surface area contributed by atoms with Gasteiger partial charge >= 0.3 is 6.09 Å². The fourth-order valence-electron chi connectivity index (χ4n) is 3.22. The molecule has 1 N–H and O–H groups in total. The first-order valence-electron chi connectivity index (χ1n) is 9.35. The van der Waals surface area contributed by atoms with Crippen molar-refractivity contribution in [1.82, 2.24) is 19.8 Å². The van der Waals surface area contributed by atoms with Crippen LogP contribution < -0.4 is 5.32 Å². The normalized spacial score (nSPS) is 16.3. The van der Waals surface area contributed by atoms with Crippen LogP contribution in [0.1, 0.15) is 39.6 Å². The van der Waals surface area contributed by atoms with Crippen LogP contribution >= 0.6 is 15.9 Å². The summed E-state index contributed by atoms with van der Waals surface area (Å²) in [6.07, 6.45) is -0.627. The number of halogens is 2. The summed E-state index contributed by atoms with van der Waals surface area (Å²) >= 11 is 3.58. The molecule has 1 aliphatic rings. The van der Waals surface area contributed by atoms with Crippen LogP contribution in [-0.4, -0.2) is 45.1 Å². The molecule has 1 aliphatic heterocycles. The predicted molar refractivity (Wildman–Crippen MR) is 110 cm³/mol. The minimum Gasteiger partial charge on any atom is -0.444 e. The van der Waals surface area contributed by atoms with Gasteiger partial charge in [-0.1, -0.05) is 0 Å². The summed E-state index contributed by atoms with van der Waals surface area (Å²) in [5, 5.41) is 2.50. The third kappa shape index (κ3) is 4.77. The van der Waals surface area contributed by atoms with E-state index in [1.165, 1.54) is 12.1 Å². The van der Waals surface area contributed by atoms with Crippen LogP contribution in [-0.2, 0) is 16.1 Å². The average Bonchev–Trinajstić information content (AvgIpc) is 2.97. The van der Waals surface area contributed by atoms with Crippen molar-refractivity contribution < 1.29 is 18.7 Å². The molecule has 29 heavy (non-hydrogen) atoms. The van der Waals surface area contributed by atoms with Crippen LogP contribution in [0.15, 0.2) is 28.9 Å². The molecule has 0 aliphatic carbocycles. The van der Waals surface area contributed by atoms with Crippen molar-refractivity contribution in [2.24, 2.45) is 0 Å². The van der Waals surface area contributed by atoms with Crippen LogP contribution in [0.2, 0.25) is 0 Å². The Bertz CT molecular complexity index is 921. The molecule has 0 fully saturated rings. The maximum absolute atomic E-state index is 13.2. The van der Waals surface area contributed by atoms with Gasteiger partial charge in [-0.3, -0.25) is 4.79 Å². The van der Waals surface area contributed by atoms with Crippen molar-refractivity contribution in [3.63, 3.8) is 0 Å². The summed E-state index contributed by atoms with van der Waals surface area (Å²) in [5.41, 5.74) is 0.865. The standard InChI is InChI=1S/C20H24BrFN4O3/c1-12-18-24-16(13-5-7-14(22)8-6-13)17(21)26(18)10-9-25(12)15(27)11-23-19(28)29-20(2,3)4/h5-8,12H,9-11H2,1-4H3,(H,23,28)/t12-/m0/s1. The molecule has 1 atom stereocenters. The van der Waals surface area contributed by atoms with E-state index in [2.05, 4.69) is 21.2 Å². The number of alkyl carbamates (subject to hydrolysis) is 1. The number of fused-ring (bicyclic) bond motifs is 1. The Morgan fingerprint density at radius 1 is 1.28 bits per heavy atom. The Hall–Kier alpha value is -2.42. The van der Waals surface area contributed by atoms with Gasteiger partial charge in [-0.25, -0.2) is 14.2 Å². The molecule has 0 saturated carbocycles. The summed E-state index contributed by atoms with van der Waals surface area (Å²) in [7, 11) is 0. The average molecular weight is 467 g/mol. The minimum atomic E-state index is -0.627. The molecule has 2 aromatic rings. The number of aromatic nitrogens is 2. The molecule has 2 heterocycles. The highest BCUT2D eigenvalue weighted by Gasteiger charge is 2.32. The molecule has 0 radical (unpaired) electrons. The van der Waals surface area contributed by atoms with E-state index in [0.717, 1.165) is 16.0 Å². The van der Waals surface area contributed by atoms with Crippen molar-refractivity contribution >= 4 is 27.9 Å². The van der Waals surface area contributed by atoms with Gasteiger partial charge in [0.1, 0.15) is 34.1 Å². The van der Waals surface area contributed by atoms with Crippen molar-refractivity contribution in [2.45, 2.75) is 45.9 Å². The Kier molecular flexibility index (Phi) is 5.97. The van der Waals surface area contributed by atoms with Crippen LogP contribution in [0.3, 0.4) is 0 Å². The zero-order valence-electron chi connectivity index (χ0n) is 16.8. The van der Waals surface area contributed by atoms with Gasteiger partial charge in [-0.2, -0.15) is 0 Å². The second-order valence-corrected chi connectivity index (χ2v) is 8.64. The van der Waals surface area contributed by atoms with Crippen molar-refractivity contribution in [2.75, 3.05) is 13.1 Å². The van der Waals surface area contributed by atoms with E-state index >= 15 is 0 Å². The Labute approximate surface area is 177 Å². The molecule has 3 rings (SSSR count). The number of benzene rings is 1. The van der Waals surface area contributed by atoms with E-state index in [1.54, 1.807) is 37.8 Å². The van der Waals surface area contributed by atoms with Gasteiger partial charge in [0.05, 0.1) is 6.04 Å². The molecular formula is C20H24BrFN4O3. The number of ether oxygens (including phenoxy) is 1. The Morgan fingerprint density at radius 3 is 2.55 bits per heavy atom. The fraction of sp³-hybridized carbons (Fsp3) is 0.450. The summed E-state index contributed by atoms with van der Waals surface area (Å²) in [5.74, 6) is 0.210. The van der Waals surface area contributed by atoms with E-state index in [-0.39, 0.29) is 24.3 Å². The van der Waals surface area contributed by atoms with Crippen LogP contribution in [0, 0.1) is 5.82 Å². The van der Waals surface area contributed by atoms with E-state index in [1.807, 2.05) is 11.5 Å². The highest BCUT2D eigenvalue weighted by atomic mass is 79.9. The lowest BCUT2D eigenvalue weighted by Gasteiger charge is -2.34. The predicted octanol–water partition coefficient (Wildman–Crippen LogP) is 3.88. The Balaban J connectivity index is 1.73. The third-order valence-electron chi connectivity index (χ3n) is 4.56. The number of hydrogen-bond acceptors (Lipinski definition) is 4. The summed E-state index contributed by atoms with van der Waals surface area (Å²) < 4.78 is 21.2. The molecule has 0 bridgehead atoms. The number of nitrogens with zero attached hydrogens (tertiary/aromatic N) is 3. The fourth-order valence-corrected chi connectivity index (χ4v) is 3.89. The third-order valence-corrected chi connectivity index (χ3v) is 5.37. The lowest BCUT2D eigenvalue weighted by Crippen LogP contribution is -2.46. The van der Waals surface area contributed by atoms with Gasteiger partial charge in [-0.05, 0) is 67.9 Å². The lowest BCUT2D eigenvalue weighted by molar-refractivity contribution is -0.133. The molecule has 0 unspecified atom stereocenters. The highest BCUT2D eigenvalue weighted by Crippen LogP contribution is 2.35. The maximum atomic E-state index is 13.2. The number of rotatable bonds is 3. The number of carbonyl (C=O) groups is 2. The van der Waals surface area contributed by atoms with Crippen LogP contribution in [0.25, 0.3) is 11.3 Å². The van der Waals surface area contributed by atoms with Crippen molar-refractivity contribution in [1.29, 1.82) is 0 Å². The topological polar surface area (TPSA) is 76.5 Å². The zero-order valence-corrected chi connectivity index (χ0v) is 18.4. The molecule has 0 saturated heterocycles. The first-order valence-corrected chi connectivity index (χ1v) is 10.1. The minimum absolute atomic E-state index is 0.147. The number of imidazole rings is 1. The molecule has 2 amide bonds. The SMILES string of the molecule is C[C@H]1c2nc(-c3ccc(F)cc3)c(Br)n2CCN1C(=O)CNC(=O)OC(C)(C)C. The van der Waals surface area contributed by atoms with Gasteiger partial charge in [-0.15, -0.1) is 0 Å². The lowest BCUT2D eigenvalue weighted by atomic mass is 10.2. The molecule has 156 valence electrons. The van der Waals surface area contributed by atoms with Gasteiger partial charge in [0.2, 0.25) is 5.91 Å². The van der Waals surface area contributed by atoms with Crippen molar-refractivity contribution in [3.8, 4) is 11.3 Å². The van der Waals surface area contributed by atoms with E-state index < -0.39 is 11.7 Å².